The smallest absolute Gasteiger partial charge is 0.131 e. The number of nitrogens with one attached hydrogen (secondary N) is 1. The van der Waals surface area contributed by atoms with Crippen molar-refractivity contribution in [3.63, 3.8) is 0 Å². The van der Waals surface area contributed by atoms with Gasteiger partial charge in [-0.05, 0) is 47.7 Å². The lowest BCUT2D eigenvalue weighted by Gasteiger charge is -2.12. The monoisotopic (exact) mass is 300 g/mol. The maximum atomic E-state index is 14.3. The van der Waals surface area contributed by atoms with Gasteiger partial charge < -0.3 is 5.32 Å². The van der Waals surface area contributed by atoms with Crippen molar-refractivity contribution in [2.24, 2.45) is 0 Å². The predicted molar refractivity (Wildman–Crippen MR) is 86.4 cm³/mol. The second kappa shape index (κ2) is 5.34. The number of hydrogen-bond donors (Lipinski definition) is 1. The Morgan fingerprint density at radius 3 is 2.71 bits per heavy atom. The molecule has 1 N–H and O–H groups in total. The van der Waals surface area contributed by atoms with E-state index in [4.69, 9.17) is 11.6 Å². The molecule has 0 saturated heterocycles. The summed E-state index contributed by atoms with van der Waals surface area (Å²) in [6, 6.07) is 10.6. The van der Waals surface area contributed by atoms with Gasteiger partial charge in [-0.2, -0.15) is 0 Å². The molecule has 3 rings (SSSR count). The molecule has 0 fully saturated rings. The molecule has 2 aromatic carbocycles. The second-order valence-corrected chi connectivity index (χ2v) is 5.36. The molecule has 0 aliphatic rings. The van der Waals surface area contributed by atoms with Crippen LogP contribution in [0.4, 0.5) is 10.2 Å². The summed E-state index contributed by atoms with van der Waals surface area (Å²) < 4.78 is 14.3. The lowest BCUT2D eigenvalue weighted by Crippen LogP contribution is -1.94. The van der Waals surface area contributed by atoms with Crippen LogP contribution >= 0.6 is 11.6 Å². The van der Waals surface area contributed by atoms with E-state index in [0.29, 0.717) is 10.6 Å². The number of rotatable bonds is 2. The molecule has 21 heavy (non-hydrogen) atoms. The van der Waals surface area contributed by atoms with Gasteiger partial charge in [0.05, 0.1) is 0 Å². The van der Waals surface area contributed by atoms with Crippen molar-refractivity contribution in [2.75, 3.05) is 12.4 Å². The molecule has 0 spiro atoms. The molecule has 4 heteroatoms. The van der Waals surface area contributed by atoms with Crippen LogP contribution in [-0.4, -0.2) is 12.0 Å². The third kappa shape index (κ3) is 2.45. The summed E-state index contributed by atoms with van der Waals surface area (Å²) in [7, 11) is 1.80. The summed E-state index contributed by atoms with van der Waals surface area (Å²) >= 11 is 6.19. The zero-order valence-electron chi connectivity index (χ0n) is 11.7. The van der Waals surface area contributed by atoms with E-state index in [0.717, 1.165) is 27.7 Å². The molecule has 3 aromatic rings. The minimum atomic E-state index is -0.249. The quantitative estimate of drug-likeness (QED) is 0.717. The standard InChI is InChI=1S/C17H14ClFN2/c1-10-4-3-5-15(19)17(10)14-7-12(18)6-11-9-21-16(20-2)8-13(11)14/h3-9H,1-2H3,(H,20,21). The Kier molecular flexibility index (Phi) is 3.52. The van der Waals surface area contributed by atoms with E-state index in [-0.39, 0.29) is 5.82 Å². The van der Waals surface area contributed by atoms with Crippen molar-refractivity contribution in [3.05, 3.63) is 59.0 Å². The van der Waals surface area contributed by atoms with Crippen molar-refractivity contribution in [1.82, 2.24) is 4.98 Å². The normalized spacial score (nSPS) is 10.9. The van der Waals surface area contributed by atoms with Crippen LogP contribution < -0.4 is 5.32 Å². The van der Waals surface area contributed by atoms with Crippen LogP contribution in [0.2, 0.25) is 5.02 Å². The number of hydrogen-bond acceptors (Lipinski definition) is 2. The van der Waals surface area contributed by atoms with Crippen molar-refractivity contribution in [1.29, 1.82) is 0 Å². The summed E-state index contributed by atoms with van der Waals surface area (Å²) in [4.78, 5) is 4.28. The molecule has 2 nitrogen and oxygen atoms in total. The van der Waals surface area contributed by atoms with Crippen LogP contribution in [0.3, 0.4) is 0 Å². The van der Waals surface area contributed by atoms with Crippen LogP contribution in [0.1, 0.15) is 5.56 Å². The number of halogens is 2. The first-order chi connectivity index (χ1) is 10.1. The van der Waals surface area contributed by atoms with Gasteiger partial charge in [-0.25, -0.2) is 9.37 Å². The Morgan fingerprint density at radius 1 is 1.19 bits per heavy atom. The average Bonchev–Trinajstić information content (AvgIpc) is 2.46. The molecule has 0 atom stereocenters. The fraction of sp³-hybridized carbons (Fsp3) is 0.118. The second-order valence-electron chi connectivity index (χ2n) is 4.93. The Labute approximate surface area is 127 Å². The van der Waals surface area contributed by atoms with Gasteiger partial charge in [0.15, 0.2) is 0 Å². The van der Waals surface area contributed by atoms with Crippen LogP contribution in [0, 0.1) is 12.7 Å². The van der Waals surface area contributed by atoms with Crippen molar-refractivity contribution >= 4 is 28.2 Å². The highest BCUT2D eigenvalue weighted by atomic mass is 35.5. The molecule has 0 radical (unpaired) electrons. The van der Waals surface area contributed by atoms with Gasteiger partial charge in [0.1, 0.15) is 11.6 Å². The highest BCUT2D eigenvalue weighted by Gasteiger charge is 2.13. The molecule has 0 unspecified atom stereocenters. The Balaban J connectivity index is 2.40. The van der Waals surface area contributed by atoms with Gasteiger partial charge >= 0.3 is 0 Å². The Hall–Kier alpha value is -2.13. The molecule has 1 heterocycles. The number of aromatic nitrogens is 1. The van der Waals surface area contributed by atoms with E-state index < -0.39 is 0 Å². The van der Waals surface area contributed by atoms with Gasteiger partial charge in [0.25, 0.3) is 0 Å². The Morgan fingerprint density at radius 2 is 2.00 bits per heavy atom. The van der Waals surface area contributed by atoms with Crippen LogP contribution in [0.5, 0.6) is 0 Å². The van der Waals surface area contributed by atoms with E-state index in [9.17, 15) is 4.39 Å². The molecule has 1 aromatic heterocycles. The SMILES string of the molecule is CNc1cc2c(-c3c(C)cccc3F)cc(Cl)cc2cn1. The zero-order valence-corrected chi connectivity index (χ0v) is 12.5. The summed E-state index contributed by atoms with van der Waals surface area (Å²) in [5, 5.41) is 5.38. The fourth-order valence-electron chi connectivity index (χ4n) is 2.54. The molecule has 0 aliphatic carbocycles. The van der Waals surface area contributed by atoms with E-state index >= 15 is 0 Å². The van der Waals surface area contributed by atoms with Crippen molar-refractivity contribution < 1.29 is 4.39 Å². The molecule has 0 bridgehead atoms. The highest BCUT2D eigenvalue weighted by Crippen LogP contribution is 2.35. The van der Waals surface area contributed by atoms with Crippen LogP contribution in [0.15, 0.2) is 42.6 Å². The predicted octanol–water partition coefficient (Wildman–Crippen LogP) is 5.04. The maximum Gasteiger partial charge on any atom is 0.131 e. The summed E-state index contributed by atoms with van der Waals surface area (Å²) in [6.07, 6.45) is 1.74. The zero-order chi connectivity index (χ0) is 15.0. The van der Waals surface area contributed by atoms with Gasteiger partial charge in [-0.3, -0.25) is 0 Å². The summed E-state index contributed by atoms with van der Waals surface area (Å²) in [5.74, 6) is 0.487. The molecule has 106 valence electrons. The Bertz CT molecular complexity index is 810. The van der Waals surface area contributed by atoms with Gasteiger partial charge in [0, 0.05) is 29.2 Å². The summed E-state index contributed by atoms with van der Waals surface area (Å²) in [6.45, 7) is 1.89. The van der Waals surface area contributed by atoms with Crippen molar-refractivity contribution in [3.8, 4) is 11.1 Å². The fourth-order valence-corrected chi connectivity index (χ4v) is 2.76. The molecular weight excluding hydrogens is 287 g/mol. The first-order valence-electron chi connectivity index (χ1n) is 6.62. The highest BCUT2D eigenvalue weighted by molar-refractivity contribution is 6.32. The number of pyridine rings is 1. The topological polar surface area (TPSA) is 24.9 Å². The number of nitrogens with zero attached hydrogens (tertiary/aromatic N) is 1. The van der Waals surface area contributed by atoms with Crippen molar-refractivity contribution in [2.45, 2.75) is 6.92 Å². The number of fused-ring (bicyclic) bond motifs is 1. The van der Waals surface area contributed by atoms with E-state index in [1.165, 1.54) is 6.07 Å². The first-order valence-corrected chi connectivity index (χ1v) is 7.00. The summed E-state index contributed by atoms with van der Waals surface area (Å²) in [5.41, 5.74) is 2.24. The lowest BCUT2D eigenvalue weighted by molar-refractivity contribution is 0.630. The minimum absolute atomic E-state index is 0.249. The molecule has 0 aliphatic heterocycles. The average molecular weight is 301 g/mol. The number of benzene rings is 2. The largest absolute Gasteiger partial charge is 0.373 e. The number of anilines is 1. The first kappa shape index (κ1) is 13.8. The van der Waals surface area contributed by atoms with Gasteiger partial charge in [0.2, 0.25) is 0 Å². The number of aryl methyl sites for hydroxylation is 1. The third-order valence-electron chi connectivity index (χ3n) is 3.55. The van der Waals surface area contributed by atoms with Crippen LogP contribution in [-0.2, 0) is 0 Å². The minimum Gasteiger partial charge on any atom is -0.373 e. The van der Waals surface area contributed by atoms with Gasteiger partial charge in [-0.15, -0.1) is 0 Å². The molecular formula is C17H14ClFN2. The van der Waals surface area contributed by atoms with E-state index in [2.05, 4.69) is 10.3 Å². The lowest BCUT2D eigenvalue weighted by atomic mass is 9.95. The van der Waals surface area contributed by atoms with E-state index in [1.54, 1.807) is 25.4 Å². The van der Waals surface area contributed by atoms with Gasteiger partial charge in [-0.1, -0.05) is 23.7 Å². The maximum absolute atomic E-state index is 14.3. The molecule has 0 amide bonds. The molecule has 0 saturated carbocycles. The van der Waals surface area contributed by atoms with E-state index in [1.807, 2.05) is 25.1 Å². The van der Waals surface area contributed by atoms with Crippen LogP contribution in [0.25, 0.3) is 21.9 Å². The third-order valence-corrected chi connectivity index (χ3v) is 3.77.